The molecule has 1 heterocycles. The molecule has 0 bridgehead atoms. The normalized spacial score (nSPS) is 19.9. The third kappa shape index (κ3) is 2.43. The van der Waals surface area contributed by atoms with Crippen LogP contribution in [0.25, 0.3) is 0 Å². The highest BCUT2D eigenvalue weighted by Gasteiger charge is 2.25. The van der Waals surface area contributed by atoms with Gasteiger partial charge in [0.2, 0.25) is 0 Å². The van der Waals surface area contributed by atoms with Gasteiger partial charge in [-0.1, -0.05) is 26.2 Å². The number of nitrogens with two attached hydrogens (primary N) is 1. The van der Waals surface area contributed by atoms with Crippen LogP contribution in [0.4, 0.5) is 0 Å². The van der Waals surface area contributed by atoms with Gasteiger partial charge in [-0.3, -0.25) is 0 Å². The van der Waals surface area contributed by atoms with Crippen molar-refractivity contribution in [2.24, 2.45) is 11.7 Å². The van der Waals surface area contributed by atoms with Crippen molar-refractivity contribution in [1.29, 1.82) is 0 Å². The molecule has 1 fully saturated rings. The van der Waals surface area contributed by atoms with Gasteiger partial charge in [0.1, 0.15) is 12.2 Å². The fourth-order valence-electron chi connectivity index (χ4n) is 2.64. The number of nitrogens with zero attached hydrogens (tertiary/aromatic N) is 3. The predicted octanol–water partition coefficient (Wildman–Crippen LogP) is 2.27. The first-order chi connectivity index (χ1) is 7.83. The van der Waals surface area contributed by atoms with Gasteiger partial charge in [0.15, 0.2) is 0 Å². The highest BCUT2D eigenvalue weighted by atomic mass is 15.3. The topological polar surface area (TPSA) is 56.7 Å². The van der Waals surface area contributed by atoms with Crippen molar-refractivity contribution in [2.45, 2.75) is 58.0 Å². The SMILES string of the molecule is CCCn1cnnc1C(N)C1CCCCC1. The maximum Gasteiger partial charge on any atom is 0.150 e. The van der Waals surface area contributed by atoms with Gasteiger partial charge in [-0.25, -0.2) is 0 Å². The van der Waals surface area contributed by atoms with Gasteiger partial charge in [-0.2, -0.15) is 0 Å². The van der Waals surface area contributed by atoms with Gasteiger partial charge in [-0.15, -0.1) is 10.2 Å². The van der Waals surface area contributed by atoms with Crippen LogP contribution >= 0.6 is 0 Å². The van der Waals surface area contributed by atoms with Gasteiger partial charge in [0.25, 0.3) is 0 Å². The number of aryl methyl sites for hydroxylation is 1. The van der Waals surface area contributed by atoms with Crippen molar-refractivity contribution in [3.63, 3.8) is 0 Å². The molecule has 90 valence electrons. The van der Waals surface area contributed by atoms with Crippen LogP contribution in [-0.4, -0.2) is 14.8 Å². The van der Waals surface area contributed by atoms with Crippen molar-refractivity contribution in [1.82, 2.24) is 14.8 Å². The van der Waals surface area contributed by atoms with Gasteiger partial charge < -0.3 is 10.3 Å². The molecule has 4 nitrogen and oxygen atoms in total. The van der Waals surface area contributed by atoms with E-state index in [4.69, 9.17) is 5.73 Å². The molecule has 1 saturated carbocycles. The summed E-state index contributed by atoms with van der Waals surface area (Å²) in [4.78, 5) is 0. The summed E-state index contributed by atoms with van der Waals surface area (Å²) < 4.78 is 2.11. The minimum absolute atomic E-state index is 0.0781. The summed E-state index contributed by atoms with van der Waals surface area (Å²) in [7, 11) is 0. The standard InChI is InChI=1S/C12H22N4/c1-2-8-16-9-14-15-12(16)11(13)10-6-4-3-5-7-10/h9-11H,2-8,13H2,1H3. The molecule has 1 aromatic rings. The van der Waals surface area contributed by atoms with E-state index in [2.05, 4.69) is 21.7 Å². The van der Waals surface area contributed by atoms with Crippen LogP contribution in [-0.2, 0) is 6.54 Å². The summed E-state index contributed by atoms with van der Waals surface area (Å²) in [6.45, 7) is 3.14. The van der Waals surface area contributed by atoms with E-state index in [0.29, 0.717) is 5.92 Å². The first-order valence-corrected chi connectivity index (χ1v) is 6.46. The second-order valence-corrected chi connectivity index (χ2v) is 4.81. The maximum atomic E-state index is 6.32. The summed E-state index contributed by atoms with van der Waals surface area (Å²) in [5.41, 5.74) is 6.32. The van der Waals surface area contributed by atoms with Crippen LogP contribution in [0, 0.1) is 5.92 Å². The zero-order chi connectivity index (χ0) is 11.4. The highest BCUT2D eigenvalue weighted by molar-refractivity contribution is 4.97. The lowest BCUT2D eigenvalue weighted by Crippen LogP contribution is -2.26. The summed E-state index contributed by atoms with van der Waals surface area (Å²) >= 11 is 0. The Bertz CT molecular complexity index is 315. The molecule has 0 aliphatic heterocycles. The lowest BCUT2D eigenvalue weighted by Gasteiger charge is -2.26. The molecule has 0 radical (unpaired) electrons. The van der Waals surface area contributed by atoms with Crippen molar-refractivity contribution in [2.75, 3.05) is 0 Å². The van der Waals surface area contributed by atoms with Gasteiger partial charge in [-0.05, 0) is 25.2 Å². The minimum atomic E-state index is 0.0781. The third-order valence-corrected chi connectivity index (χ3v) is 3.57. The molecule has 16 heavy (non-hydrogen) atoms. The molecule has 0 spiro atoms. The molecule has 0 saturated heterocycles. The quantitative estimate of drug-likeness (QED) is 0.850. The molecule has 2 rings (SSSR count). The zero-order valence-electron chi connectivity index (χ0n) is 10.1. The largest absolute Gasteiger partial charge is 0.321 e. The van der Waals surface area contributed by atoms with E-state index in [1.54, 1.807) is 0 Å². The van der Waals surface area contributed by atoms with Crippen molar-refractivity contribution >= 4 is 0 Å². The summed E-state index contributed by atoms with van der Waals surface area (Å²) in [6.07, 6.45) is 9.41. The number of rotatable bonds is 4. The Kier molecular flexibility index (Phi) is 3.93. The molecule has 1 unspecified atom stereocenters. The summed E-state index contributed by atoms with van der Waals surface area (Å²) in [5, 5.41) is 8.19. The third-order valence-electron chi connectivity index (χ3n) is 3.57. The number of aromatic nitrogens is 3. The van der Waals surface area contributed by atoms with Crippen LogP contribution in [0.1, 0.15) is 57.3 Å². The summed E-state index contributed by atoms with van der Waals surface area (Å²) in [5.74, 6) is 1.59. The Morgan fingerprint density at radius 2 is 2.19 bits per heavy atom. The van der Waals surface area contributed by atoms with Crippen molar-refractivity contribution < 1.29 is 0 Å². The Morgan fingerprint density at radius 3 is 2.88 bits per heavy atom. The van der Waals surface area contributed by atoms with E-state index in [9.17, 15) is 0 Å². The van der Waals surface area contributed by atoms with Crippen molar-refractivity contribution in [3.05, 3.63) is 12.2 Å². The average molecular weight is 222 g/mol. The molecule has 1 aliphatic carbocycles. The first-order valence-electron chi connectivity index (χ1n) is 6.46. The molecular weight excluding hydrogens is 200 g/mol. The maximum absolute atomic E-state index is 6.32. The molecule has 0 amide bonds. The Balaban J connectivity index is 2.06. The molecule has 4 heteroatoms. The van der Waals surface area contributed by atoms with Gasteiger partial charge in [0.05, 0.1) is 6.04 Å². The molecule has 0 aromatic carbocycles. The van der Waals surface area contributed by atoms with Crippen LogP contribution in [0.2, 0.25) is 0 Å². The highest BCUT2D eigenvalue weighted by Crippen LogP contribution is 2.31. The lowest BCUT2D eigenvalue weighted by atomic mass is 9.84. The molecule has 2 N–H and O–H groups in total. The Hall–Kier alpha value is -0.900. The van der Waals surface area contributed by atoms with Crippen molar-refractivity contribution in [3.8, 4) is 0 Å². The van der Waals surface area contributed by atoms with Crippen LogP contribution in [0.15, 0.2) is 6.33 Å². The average Bonchev–Trinajstić information content (AvgIpc) is 2.78. The zero-order valence-corrected chi connectivity index (χ0v) is 10.1. The lowest BCUT2D eigenvalue weighted by molar-refractivity contribution is 0.295. The first kappa shape index (κ1) is 11.6. The van der Waals surface area contributed by atoms with E-state index < -0.39 is 0 Å². The van der Waals surface area contributed by atoms with E-state index in [1.165, 1.54) is 32.1 Å². The Labute approximate surface area is 97.2 Å². The molecule has 1 aromatic heterocycles. The van der Waals surface area contributed by atoms with E-state index in [1.807, 2.05) is 6.33 Å². The van der Waals surface area contributed by atoms with E-state index in [-0.39, 0.29) is 6.04 Å². The smallest absolute Gasteiger partial charge is 0.150 e. The number of hydrogen-bond donors (Lipinski definition) is 1. The molecule has 1 atom stereocenters. The second-order valence-electron chi connectivity index (χ2n) is 4.81. The van der Waals surface area contributed by atoms with Crippen LogP contribution in [0.3, 0.4) is 0 Å². The monoisotopic (exact) mass is 222 g/mol. The summed E-state index contributed by atoms with van der Waals surface area (Å²) in [6, 6.07) is 0.0781. The molecule has 1 aliphatic rings. The number of hydrogen-bond acceptors (Lipinski definition) is 3. The van der Waals surface area contributed by atoms with Gasteiger partial charge >= 0.3 is 0 Å². The minimum Gasteiger partial charge on any atom is -0.321 e. The van der Waals surface area contributed by atoms with E-state index in [0.717, 1.165) is 18.8 Å². The van der Waals surface area contributed by atoms with Crippen LogP contribution in [0.5, 0.6) is 0 Å². The Morgan fingerprint density at radius 1 is 1.44 bits per heavy atom. The van der Waals surface area contributed by atoms with Crippen LogP contribution < -0.4 is 5.73 Å². The predicted molar refractivity (Wildman–Crippen MR) is 63.8 cm³/mol. The second kappa shape index (κ2) is 5.43. The van der Waals surface area contributed by atoms with E-state index >= 15 is 0 Å². The van der Waals surface area contributed by atoms with Gasteiger partial charge in [0, 0.05) is 6.54 Å². The fourth-order valence-corrected chi connectivity index (χ4v) is 2.64. The molecular formula is C12H22N4. The fraction of sp³-hybridized carbons (Fsp3) is 0.833.